The van der Waals surface area contributed by atoms with Crippen molar-refractivity contribution in [2.45, 2.75) is 48.8 Å². The van der Waals surface area contributed by atoms with Crippen LogP contribution in [0.5, 0.6) is 0 Å². The normalized spacial score (nSPS) is 22.4. The number of nitrogens with zero attached hydrogens (tertiary/aromatic N) is 1. The molecule has 2 rings (SSSR count). The summed E-state index contributed by atoms with van der Waals surface area (Å²) in [4.78, 5) is 5.53. The number of aliphatic imine (C=N–C) groups is 1. The number of hydrogen-bond acceptors (Lipinski definition) is 3. The highest BCUT2D eigenvalue weighted by Gasteiger charge is 2.25. The van der Waals surface area contributed by atoms with E-state index in [4.69, 9.17) is 11.6 Å². The van der Waals surface area contributed by atoms with E-state index < -0.39 is 10.8 Å². The summed E-state index contributed by atoms with van der Waals surface area (Å²) in [6.07, 6.45) is 4.32. The number of hydrogen-bond donors (Lipinski definition) is 2. The van der Waals surface area contributed by atoms with E-state index in [9.17, 15) is 4.21 Å². The molecule has 1 aromatic rings. The molecule has 0 amide bonds. The van der Waals surface area contributed by atoms with Crippen LogP contribution in [0.4, 0.5) is 0 Å². The molecule has 0 aliphatic heterocycles. The van der Waals surface area contributed by atoms with Gasteiger partial charge in [0.1, 0.15) is 0 Å². The van der Waals surface area contributed by atoms with Gasteiger partial charge in [0.25, 0.3) is 0 Å². The predicted octanol–water partition coefficient (Wildman–Crippen LogP) is 3.68. The Morgan fingerprint density at radius 2 is 2.12 bits per heavy atom. The van der Waals surface area contributed by atoms with Gasteiger partial charge in [0.05, 0.1) is 0 Å². The van der Waals surface area contributed by atoms with Crippen molar-refractivity contribution < 1.29 is 4.21 Å². The van der Waals surface area contributed by atoms with Crippen molar-refractivity contribution in [3.63, 3.8) is 0 Å². The highest BCUT2D eigenvalue weighted by Crippen LogP contribution is 2.23. The van der Waals surface area contributed by atoms with Crippen molar-refractivity contribution >= 4 is 40.1 Å². The molecule has 0 spiro atoms. The Hall–Kier alpha value is -0.720. The van der Waals surface area contributed by atoms with Crippen LogP contribution in [0.15, 0.2) is 34.2 Å². The zero-order valence-electron chi connectivity index (χ0n) is 15.0. The van der Waals surface area contributed by atoms with E-state index in [1.165, 1.54) is 4.90 Å². The monoisotopic (exact) mass is 401 g/mol. The molecule has 1 aliphatic carbocycles. The average Bonchev–Trinajstić information content (AvgIpc) is 2.65. The molecule has 0 heterocycles. The van der Waals surface area contributed by atoms with Gasteiger partial charge in [-0.2, -0.15) is 0 Å². The maximum atomic E-state index is 12.1. The van der Waals surface area contributed by atoms with Crippen LogP contribution in [0.3, 0.4) is 0 Å². The summed E-state index contributed by atoms with van der Waals surface area (Å²) in [5, 5.41) is 7.97. The highest BCUT2D eigenvalue weighted by atomic mass is 35.5. The number of nitrogens with one attached hydrogen (secondary N) is 2. The number of halogens is 1. The lowest BCUT2D eigenvalue weighted by molar-refractivity contribution is 0.414. The van der Waals surface area contributed by atoms with Crippen molar-refractivity contribution in [1.82, 2.24) is 10.6 Å². The lowest BCUT2D eigenvalue weighted by atomic mass is 9.95. The Labute approximate surface area is 163 Å². The number of guanidine groups is 1. The fraction of sp³-hybridized carbons (Fsp3) is 0.611. The maximum absolute atomic E-state index is 12.1. The molecule has 140 valence electrons. The first-order valence-electron chi connectivity index (χ1n) is 8.85. The lowest BCUT2D eigenvalue weighted by Gasteiger charge is -2.30. The van der Waals surface area contributed by atoms with Crippen LogP contribution >= 0.6 is 23.4 Å². The summed E-state index contributed by atoms with van der Waals surface area (Å²) in [5.41, 5.74) is 0. The van der Waals surface area contributed by atoms with E-state index in [0.717, 1.165) is 54.7 Å². The van der Waals surface area contributed by atoms with Crippen LogP contribution in [0.2, 0.25) is 5.02 Å². The molecule has 1 fully saturated rings. The SMILES string of the molecule is CCS(=O)C1CCCC(NC(=NC)NCCSc2ccc(Cl)cc2)C1. The van der Waals surface area contributed by atoms with E-state index in [1.807, 2.05) is 31.2 Å². The van der Waals surface area contributed by atoms with Crippen molar-refractivity contribution in [3.8, 4) is 0 Å². The van der Waals surface area contributed by atoms with Crippen LogP contribution in [-0.4, -0.2) is 46.6 Å². The van der Waals surface area contributed by atoms with Crippen molar-refractivity contribution in [1.29, 1.82) is 0 Å². The molecule has 0 saturated heterocycles. The van der Waals surface area contributed by atoms with Crippen LogP contribution in [0.1, 0.15) is 32.6 Å². The summed E-state index contributed by atoms with van der Waals surface area (Å²) in [5.74, 6) is 2.55. The van der Waals surface area contributed by atoms with Gasteiger partial charge in [-0.15, -0.1) is 11.8 Å². The van der Waals surface area contributed by atoms with Crippen LogP contribution in [-0.2, 0) is 10.8 Å². The molecule has 1 aromatic carbocycles. The molecule has 0 radical (unpaired) electrons. The summed E-state index contributed by atoms with van der Waals surface area (Å²) in [6.45, 7) is 2.84. The average molecular weight is 402 g/mol. The predicted molar refractivity (Wildman–Crippen MR) is 111 cm³/mol. The topological polar surface area (TPSA) is 53.5 Å². The van der Waals surface area contributed by atoms with Crippen molar-refractivity contribution in [2.24, 2.45) is 4.99 Å². The maximum Gasteiger partial charge on any atom is 0.191 e. The molecule has 7 heteroatoms. The molecular formula is C18H28ClN3OS2. The Morgan fingerprint density at radius 1 is 1.36 bits per heavy atom. The summed E-state index contributed by atoms with van der Waals surface area (Å²) in [7, 11) is 1.10. The lowest BCUT2D eigenvalue weighted by Crippen LogP contribution is -2.47. The van der Waals surface area contributed by atoms with Gasteiger partial charge in [-0.05, 0) is 43.5 Å². The molecule has 3 atom stereocenters. The second kappa shape index (κ2) is 11.1. The minimum atomic E-state index is -0.694. The van der Waals surface area contributed by atoms with Gasteiger partial charge in [-0.1, -0.05) is 24.9 Å². The van der Waals surface area contributed by atoms with E-state index in [2.05, 4.69) is 15.6 Å². The van der Waals surface area contributed by atoms with Gasteiger partial charge in [0.2, 0.25) is 0 Å². The number of rotatable bonds is 7. The zero-order valence-corrected chi connectivity index (χ0v) is 17.4. The first-order chi connectivity index (χ1) is 12.1. The third kappa shape index (κ3) is 7.19. The minimum absolute atomic E-state index is 0.329. The molecule has 25 heavy (non-hydrogen) atoms. The molecule has 0 aromatic heterocycles. The number of benzene rings is 1. The van der Waals surface area contributed by atoms with E-state index in [1.54, 1.807) is 18.8 Å². The molecule has 0 bridgehead atoms. The summed E-state index contributed by atoms with van der Waals surface area (Å²) < 4.78 is 12.1. The summed E-state index contributed by atoms with van der Waals surface area (Å²) >= 11 is 7.69. The minimum Gasteiger partial charge on any atom is -0.356 e. The molecule has 4 nitrogen and oxygen atoms in total. The molecule has 3 unspecified atom stereocenters. The Kier molecular flexibility index (Phi) is 9.13. The van der Waals surface area contributed by atoms with Gasteiger partial charge in [0, 0.05) is 57.1 Å². The Bertz CT molecular complexity index is 580. The largest absolute Gasteiger partial charge is 0.356 e. The second-order valence-corrected chi connectivity index (χ2v) is 9.71. The van der Waals surface area contributed by atoms with Crippen molar-refractivity contribution in [2.75, 3.05) is 25.1 Å². The van der Waals surface area contributed by atoms with Gasteiger partial charge in [-0.3, -0.25) is 9.20 Å². The fourth-order valence-corrected chi connectivity index (χ4v) is 5.25. The van der Waals surface area contributed by atoms with Gasteiger partial charge in [0.15, 0.2) is 5.96 Å². The zero-order chi connectivity index (χ0) is 18.1. The van der Waals surface area contributed by atoms with Crippen LogP contribution in [0, 0.1) is 0 Å². The third-order valence-electron chi connectivity index (χ3n) is 4.32. The highest BCUT2D eigenvalue weighted by molar-refractivity contribution is 7.99. The van der Waals surface area contributed by atoms with E-state index in [-0.39, 0.29) is 0 Å². The standard InChI is InChI=1S/C18H28ClN3OS2/c1-3-25(23)17-6-4-5-15(13-17)22-18(20-2)21-11-12-24-16-9-7-14(19)8-10-16/h7-10,15,17H,3-6,11-13H2,1-2H3,(H2,20,21,22). The van der Waals surface area contributed by atoms with E-state index in [0.29, 0.717) is 11.3 Å². The van der Waals surface area contributed by atoms with Crippen molar-refractivity contribution in [3.05, 3.63) is 29.3 Å². The van der Waals surface area contributed by atoms with E-state index >= 15 is 0 Å². The van der Waals surface area contributed by atoms with Gasteiger partial charge < -0.3 is 10.6 Å². The fourth-order valence-electron chi connectivity index (χ4n) is 3.01. The molecule has 1 saturated carbocycles. The van der Waals surface area contributed by atoms with Crippen LogP contribution < -0.4 is 10.6 Å². The van der Waals surface area contributed by atoms with Crippen LogP contribution in [0.25, 0.3) is 0 Å². The Morgan fingerprint density at radius 3 is 2.80 bits per heavy atom. The third-order valence-corrected chi connectivity index (χ3v) is 7.33. The Balaban J connectivity index is 1.71. The van der Waals surface area contributed by atoms with Gasteiger partial charge >= 0.3 is 0 Å². The molecular weight excluding hydrogens is 374 g/mol. The molecule has 2 N–H and O–H groups in total. The smallest absolute Gasteiger partial charge is 0.191 e. The first-order valence-corrected chi connectivity index (χ1v) is 11.6. The number of thioether (sulfide) groups is 1. The first kappa shape index (κ1) is 20.6. The van der Waals surface area contributed by atoms with Gasteiger partial charge in [-0.25, -0.2) is 0 Å². The molecule has 1 aliphatic rings. The summed E-state index contributed by atoms with van der Waals surface area (Å²) in [6, 6.07) is 8.27. The quantitative estimate of drug-likeness (QED) is 0.316. The second-order valence-electron chi connectivity index (χ2n) is 6.10.